The zero-order chi connectivity index (χ0) is 20.9. The minimum absolute atomic E-state index is 0.147. The molecule has 0 unspecified atom stereocenters. The van der Waals surface area contributed by atoms with Crippen LogP contribution in [-0.4, -0.2) is 21.9 Å². The summed E-state index contributed by atoms with van der Waals surface area (Å²) >= 11 is 1.62. The lowest BCUT2D eigenvalue weighted by atomic mass is 10.0. The first-order valence-electron chi connectivity index (χ1n) is 9.67. The van der Waals surface area contributed by atoms with Crippen LogP contribution in [0.5, 0.6) is 0 Å². The van der Waals surface area contributed by atoms with Crippen LogP contribution < -0.4 is 5.43 Å². The van der Waals surface area contributed by atoms with E-state index in [2.05, 4.69) is 16.6 Å². The standard InChI is InChI=1S/C24H22N4OS/c1-17-10-11-19(18(2)13-17)14-23(29)26-25-15-20-16-28(21-7-4-3-5-8-21)27-24(20)22-9-6-12-30-22/h3-13,15-16H,14H2,1-2H3,(H,26,29)/b25-15+. The maximum absolute atomic E-state index is 12.3. The fourth-order valence-corrected chi connectivity index (χ4v) is 3.96. The van der Waals surface area contributed by atoms with Crippen molar-refractivity contribution in [2.75, 3.05) is 0 Å². The SMILES string of the molecule is Cc1ccc(CC(=O)N/N=C/c2cn(-c3ccccc3)nc2-c2cccs2)c(C)c1. The van der Waals surface area contributed by atoms with Gasteiger partial charge < -0.3 is 0 Å². The van der Waals surface area contributed by atoms with E-state index in [9.17, 15) is 4.79 Å². The number of carbonyl (C=O) groups excluding carboxylic acids is 1. The maximum atomic E-state index is 12.3. The number of carbonyl (C=O) groups is 1. The lowest BCUT2D eigenvalue weighted by Gasteiger charge is -2.05. The van der Waals surface area contributed by atoms with Gasteiger partial charge in [0.15, 0.2) is 0 Å². The number of hydrogen-bond acceptors (Lipinski definition) is 4. The van der Waals surface area contributed by atoms with Gasteiger partial charge in [0.2, 0.25) is 5.91 Å². The molecule has 0 aliphatic heterocycles. The highest BCUT2D eigenvalue weighted by Gasteiger charge is 2.12. The van der Waals surface area contributed by atoms with Crippen LogP contribution in [0.1, 0.15) is 22.3 Å². The molecule has 0 saturated heterocycles. The van der Waals surface area contributed by atoms with Gasteiger partial charge in [-0.25, -0.2) is 10.1 Å². The summed E-state index contributed by atoms with van der Waals surface area (Å²) in [6, 6.07) is 20.0. The van der Waals surface area contributed by atoms with E-state index in [-0.39, 0.29) is 5.91 Å². The normalized spacial score (nSPS) is 11.1. The molecule has 0 bridgehead atoms. The summed E-state index contributed by atoms with van der Waals surface area (Å²) in [4.78, 5) is 13.4. The lowest BCUT2D eigenvalue weighted by Crippen LogP contribution is -2.20. The molecule has 0 aliphatic rings. The predicted octanol–water partition coefficient (Wildman–Crippen LogP) is 4.91. The Labute approximate surface area is 179 Å². The smallest absolute Gasteiger partial charge is 0.244 e. The molecule has 0 radical (unpaired) electrons. The molecule has 2 aromatic heterocycles. The number of para-hydroxylation sites is 1. The second-order valence-corrected chi connectivity index (χ2v) is 8.04. The molecule has 0 saturated carbocycles. The summed E-state index contributed by atoms with van der Waals surface area (Å²) in [5.41, 5.74) is 8.58. The number of nitrogens with zero attached hydrogens (tertiary/aromatic N) is 3. The highest BCUT2D eigenvalue weighted by atomic mass is 32.1. The first-order valence-corrected chi connectivity index (χ1v) is 10.5. The predicted molar refractivity (Wildman–Crippen MR) is 122 cm³/mol. The summed E-state index contributed by atoms with van der Waals surface area (Å²) in [7, 11) is 0. The molecule has 4 rings (SSSR count). The van der Waals surface area contributed by atoms with Gasteiger partial charge in [0.25, 0.3) is 0 Å². The lowest BCUT2D eigenvalue weighted by molar-refractivity contribution is -0.120. The van der Waals surface area contributed by atoms with E-state index in [1.165, 1.54) is 5.56 Å². The van der Waals surface area contributed by atoms with E-state index in [1.54, 1.807) is 17.6 Å². The number of nitrogens with one attached hydrogen (secondary N) is 1. The third-order valence-corrected chi connectivity index (χ3v) is 5.64. The Kier molecular flexibility index (Phi) is 5.86. The summed E-state index contributed by atoms with van der Waals surface area (Å²) in [6.45, 7) is 4.06. The summed E-state index contributed by atoms with van der Waals surface area (Å²) in [6.07, 6.45) is 3.87. The molecule has 4 aromatic rings. The van der Waals surface area contributed by atoms with E-state index in [0.29, 0.717) is 6.42 Å². The van der Waals surface area contributed by atoms with Crippen LogP contribution in [0.25, 0.3) is 16.3 Å². The first-order chi connectivity index (χ1) is 14.6. The van der Waals surface area contributed by atoms with Crippen molar-refractivity contribution in [3.63, 3.8) is 0 Å². The van der Waals surface area contributed by atoms with Crippen LogP contribution in [0.3, 0.4) is 0 Å². The van der Waals surface area contributed by atoms with Crippen molar-refractivity contribution in [1.82, 2.24) is 15.2 Å². The molecule has 6 heteroatoms. The number of hydrogen-bond donors (Lipinski definition) is 1. The van der Waals surface area contributed by atoms with Gasteiger partial charge in [-0.05, 0) is 48.6 Å². The third-order valence-electron chi connectivity index (χ3n) is 4.76. The van der Waals surface area contributed by atoms with Crippen molar-refractivity contribution in [3.05, 3.63) is 94.5 Å². The Morgan fingerprint density at radius 3 is 2.70 bits per heavy atom. The van der Waals surface area contributed by atoms with Gasteiger partial charge in [0, 0.05) is 11.8 Å². The largest absolute Gasteiger partial charge is 0.273 e. The van der Waals surface area contributed by atoms with Gasteiger partial charge in [0.05, 0.1) is 23.2 Å². The zero-order valence-corrected chi connectivity index (χ0v) is 17.7. The van der Waals surface area contributed by atoms with Crippen LogP contribution in [0.2, 0.25) is 0 Å². The Hall–Kier alpha value is -3.51. The fourth-order valence-electron chi connectivity index (χ4n) is 3.23. The Morgan fingerprint density at radius 2 is 1.97 bits per heavy atom. The Bertz CT molecular complexity index is 1180. The first kappa shape index (κ1) is 19.8. The van der Waals surface area contributed by atoms with Crippen molar-refractivity contribution in [1.29, 1.82) is 0 Å². The number of aromatic nitrogens is 2. The highest BCUT2D eigenvalue weighted by Crippen LogP contribution is 2.26. The topological polar surface area (TPSA) is 59.3 Å². The van der Waals surface area contributed by atoms with Crippen LogP contribution in [0.15, 0.2) is 77.3 Å². The van der Waals surface area contributed by atoms with Crippen molar-refractivity contribution < 1.29 is 4.79 Å². The number of amides is 1. The van der Waals surface area contributed by atoms with Crippen molar-refractivity contribution in [2.24, 2.45) is 5.10 Å². The number of aryl methyl sites for hydroxylation is 2. The number of benzene rings is 2. The molecular weight excluding hydrogens is 392 g/mol. The minimum Gasteiger partial charge on any atom is -0.273 e. The summed E-state index contributed by atoms with van der Waals surface area (Å²) < 4.78 is 1.83. The fraction of sp³-hybridized carbons (Fsp3) is 0.125. The third kappa shape index (κ3) is 4.55. The van der Waals surface area contributed by atoms with Crippen LogP contribution in [0.4, 0.5) is 0 Å². The van der Waals surface area contributed by atoms with Gasteiger partial charge in [0.1, 0.15) is 5.69 Å². The van der Waals surface area contributed by atoms with Gasteiger partial charge in [-0.1, -0.05) is 48.0 Å². The van der Waals surface area contributed by atoms with Crippen molar-refractivity contribution in [2.45, 2.75) is 20.3 Å². The van der Waals surface area contributed by atoms with E-state index in [0.717, 1.165) is 32.9 Å². The van der Waals surface area contributed by atoms with Gasteiger partial charge >= 0.3 is 0 Å². The van der Waals surface area contributed by atoms with Crippen LogP contribution >= 0.6 is 11.3 Å². The molecule has 1 amide bonds. The quantitative estimate of drug-likeness (QED) is 0.360. The second-order valence-electron chi connectivity index (χ2n) is 7.09. The number of rotatable bonds is 6. The molecule has 0 spiro atoms. The van der Waals surface area contributed by atoms with Crippen molar-refractivity contribution >= 4 is 23.5 Å². The molecule has 0 fully saturated rings. The molecule has 2 aromatic carbocycles. The Morgan fingerprint density at radius 1 is 1.13 bits per heavy atom. The van der Waals surface area contributed by atoms with E-state index in [4.69, 9.17) is 5.10 Å². The highest BCUT2D eigenvalue weighted by molar-refractivity contribution is 7.13. The Balaban J connectivity index is 1.52. The molecule has 0 atom stereocenters. The van der Waals surface area contributed by atoms with E-state index >= 15 is 0 Å². The maximum Gasteiger partial charge on any atom is 0.244 e. The number of hydrazone groups is 1. The number of thiophene rings is 1. The average molecular weight is 415 g/mol. The molecular formula is C24H22N4OS. The van der Waals surface area contributed by atoms with E-state index < -0.39 is 0 Å². The average Bonchev–Trinajstić information content (AvgIpc) is 3.41. The van der Waals surface area contributed by atoms with Crippen LogP contribution in [-0.2, 0) is 11.2 Å². The molecule has 2 heterocycles. The van der Waals surface area contributed by atoms with Gasteiger partial charge in [-0.15, -0.1) is 11.3 Å². The van der Waals surface area contributed by atoms with Crippen LogP contribution in [0, 0.1) is 13.8 Å². The molecule has 5 nitrogen and oxygen atoms in total. The molecule has 150 valence electrons. The molecule has 1 N–H and O–H groups in total. The molecule has 0 aliphatic carbocycles. The minimum atomic E-state index is -0.147. The molecule has 30 heavy (non-hydrogen) atoms. The zero-order valence-electron chi connectivity index (χ0n) is 16.9. The second kappa shape index (κ2) is 8.88. The van der Waals surface area contributed by atoms with E-state index in [1.807, 2.05) is 84.7 Å². The van der Waals surface area contributed by atoms with Crippen molar-refractivity contribution in [3.8, 4) is 16.3 Å². The summed E-state index contributed by atoms with van der Waals surface area (Å²) in [5.74, 6) is -0.147. The van der Waals surface area contributed by atoms with Gasteiger partial charge in [-0.3, -0.25) is 4.79 Å². The van der Waals surface area contributed by atoms with Gasteiger partial charge in [-0.2, -0.15) is 10.2 Å². The monoisotopic (exact) mass is 414 g/mol. The summed E-state index contributed by atoms with van der Waals surface area (Å²) in [5, 5.41) is 10.9.